The van der Waals surface area contributed by atoms with Crippen LogP contribution in [0.4, 0.5) is 0 Å². The summed E-state index contributed by atoms with van der Waals surface area (Å²) in [6, 6.07) is 21.3. The lowest BCUT2D eigenvalue weighted by Gasteiger charge is -2.10. The molecule has 0 unspecified atom stereocenters. The van der Waals surface area contributed by atoms with E-state index in [1.54, 1.807) is 6.07 Å². The number of benzene rings is 2. The highest BCUT2D eigenvalue weighted by Gasteiger charge is 2.19. The minimum atomic E-state index is -0.516. The first-order valence-corrected chi connectivity index (χ1v) is 10.7. The van der Waals surface area contributed by atoms with Gasteiger partial charge >= 0.3 is 5.97 Å². The number of esters is 1. The van der Waals surface area contributed by atoms with Crippen LogP contribution < -0.4 is 0 Å². The number of hydrogen-bond acceptors (Lipinski definition) is 4. The van der Waals surface area contributed by atoms with Gasteiger partial charge < -0.3 is 9.30 Å². The second-order valence-corrected chi connectivity index (χ2v) is 8.00. The highest BCUT2D eigenvalue weighted by atomic mass is 16.5. The molecule has 0 fully saturated rings. The third-order valence-corrected chi connectivity index (χ3v) is 5.74. The monoisotopic (exact) mass is 426 g/mol. The fraction of sp³-hybridized carbons (Fsp3) is 0.222. The van der Waals surface area contributed by atoms with Crippen LogP contribution in [0.2, 0.25) is 0 Å². The van der Waals surface area contributed by atoms with Crippen molar-refractivity contribution in [3.63, 3.8) is 0 Å². The molecule has 5 heteroatoms. The number of carbonyl (C=O) groups excluding carboxylic acids is 2. The van der Waals surface area contributed by atoms with Crippen LogP contribution in [0.1, 0.15) is 43.4 Å². The van der Waals surface area contributed by atoms with E-state index in [1.807, 2.05) is 69.3 Å². The van der Waals surface area contributed by atoms with Crippen LogP contribution in [0.15, 0.2) is 66.7 Å². The van der Waals surface area contributed by atoms with E-state index in [9.17, 15) is 9.59 Å². The Morgan fingerprint density at radius 3 is 2.41 bits per heavy atom. The number of aryl methyl sites for hydroxylation is 3. The minimum Gasteiger partial charge on any atom is -0.454 e. The lowest BCUT2D eigenvalue weighted by molar-refractivity contribution is 0.0476. The first-order chi connectivity index (χ1) is 15.4. The maximum atomic E-state index is 12.9. The summed E-state index contributed by atoms with van der Waals surface area (Å²) in [5, 5.41) is 0.717. The molecular formula is C27H26N2O3. The second-order valence-electron chi connectivity index (χ2n) is 8.00. The zero-order chi connectivity index (χ0) is 22.7. The molecule has 162 valence electrons. The number of ether oxygens (including phenoxy) is 1. The number of rotatable bonds is 7. The van der Waals surface area contributed by atoms with Crippen molar-refractivity contribution < 1.29 is 14.3 Å². The topological polar surface area (TPSA) is 61.2 Å². The number of aromatic nitrogens is 2. The van der Waals surface area contributed by atoms with Crippen molar-refractivity contribution in [1.82, 2.24) is 9.55 Å². The molecule has 32 heavy (non-hydrogen) atoms. The van der Waals surface area contributed by atoms with E-state index in [0.717, 1.165) is 41.0 Å². The Balaban J connectivity index is 1.46. The number of nitrogens with zero attached hydrogens (tertiary/aromatic N) is 2. The molecule has 4 aromatic rings. The summed E-state index contributed by atoms with van der Waals surface area (Å²) in [5.74, 6) is -0.717. The molecule has 5 nitrogen and oxygen atoms in total. The Bertz CT molecular complexity index is 1290. The minimum absolute atomic E-state index is 0.201. The van der Waals surface area contributed by atoms with Gasteiger partial charge in [-0.05, 0) is 51.0 Å². The molecule has 0 aliphatic rings. The van der Waals surface area contributed by atoms with E-state index >= 15 is 0 Å². The van der Waals surface area contributed by atoms with Gasteiger partial charge in [0.15, 0.2) is 6.61 Å². The average Bonchev–Trinajstić information content (AvgIpc) is 3.09. The number of hydrogen-bond donors (Lipinski definition) is 0. The van der Waals surface area contributed by atoms with Crippen molar-refractivity contribution in [3.8, 4) is 0 Å². The molecule has 0 radical (unpaired) electrons. The van der Waals surface area contributed by atoms with E-state index in [-0.39, 0.29) is 12.4 Å². The summed E-state index contributed by atoms with van der Waals surface area (Å²) in [6.45, 7) is 6.26. The normalized spacial score (nSPS) is 11.0. The summed E-state index contributed by atoms with van der Waals surface area (Å²) in [7, 11) is 0. The molecule has 4 rings (SSSR count). The van der Waals surface area contributed by atoms with Crippen molar-refractivity contribution in [2.24, 2.45) is 0 Å². The smallest absolute Gasteiger partial charge is 0.339 e. The largest absolute Gasteiger partial charge is 0.454 e. The Morgan fingerprint density at radius 1 is 0.906 bits per heavy atom. The van der Waals surface area contributed by atoms with Crippen LogP contribution in [0, 0.1) is 20.8 Å². The molecule has 2 aromatic carbocycles. The zero-order valence-electron chi connectivity index (χ0n) is 18.6. The van der Waals surface area contributed by atoms with Gasteiger partial charge in [0, 0.05) is 34.6 Å². The average molecular weight is 427 g/mol. The van der Waals surface area contributed by atoms with E-state index in [4.69, 9.17) is 4.74 Å². The fourth-order valence-electron chi connectivity index (χ4n) is 4.08. The van der Waals surface area contributed by atoms with Gasteiger partial charge in [0.1, 0.15) is 0 Å². The summed E-state index contributed by atoms with van der Waals surface area (Å²) in [5.41, 5.74) is 5.64. The highest BCUT2D eigenvalue weighted by Crippen LogP contribution is 2.20. The number of ketones is 1. The number of carbonyl (C=O) groups is 2. The molecule has 2 heterocycles. The SMILES string of the molecule is Cc1cc(C(=O)OCC(=O)c2cc(C)n(CCc3ccccc3)c2C)c2ccccc2n1. The maximum absolute atomic E-state index is 12.9. The van der Waals surface area contributed by atoms with Gasteiger partial charge in [-0.2, -0.15) is 0 Å². The van der Waals surface area contributed by atoms with Gasteiger partial charge in [0.25, 0.3) is 0 Å². The molecule has 0 saturated carbocycles. The predicted molar refractivity (Wildman–Crippen MR) is 125 cm³/mol. The fourth-order valence-corrected chi connectivity index (χ4v) is 4.08. The third kappa shape index (κ3) is 4.47. The van der Waals surface area contributed by atoms with Crippen molar-refractivity contribution in [2.75, 3.05) is 6.61 Å². The lowest BCUT2D eigenvalue weighted by Crippen LogP contribution is -2.16. The zero-order valence-corrected chi connectivity index (χ0v) is 18.6. The Hall–Kier alpha value is -3.73. The maximum Gasteiger partial charge on any atom is 0.339 e. The molecule has 0 atom stereocenters. The first kappa shape index (κ1) is 21.5. The van der Waals surface area contributed by atoms with Crippen molar-refractivity contribution in [2.45, 2.75) is 33.7 Å². The molecule has 0 bridgehead atoms. The van der Waals surface area contributed by atoms with Gasteiger partial charge in [-0.3, -0.25) is 9.78 Å². The molecule has 0 aliphatic carbocycles. The van der Waals surface area contributed by atoms with E-state index in [2.05, 4.69) is 21.7 Å². The van der Waals surface area contributed by atoms with Gasteiger partial charge in [-0.1, -0.05) is 48.5 Å². The molecule has 0 spiro atoms. The van der Waals surface area contributed by atoms with Crippen molar-refractivity contribution >= 4 is 22.7 Å². The quantitative estimate of drug-likeness (QED) is 0.299. The molecular weight excluding hydrogens is 400 g/mol. The summed E-state index contributed by atoms with van der Waals surface area (Å²) < 4.78 is 7.56. The summed E-state index contributed by atoms with van der Waals surface area (Å²) in [6.07, 6.45) is 0.883. The van der Waals surface area contributed by atoms with Crippen LogP contribution in [0.5, 0.6) is 0 Å². The van der Waals surface area contributed by atoms with E-state index in [1.165, 1.54) is 5.56 Å². The Morgan fingerprint density at radius 2 is 1.62 bits per heavy atom. The standard InChI is InChI=1S/C27H26N2O3/c1-18-15-24(22-11-7-8-12-25(22)28-18)27(31)32-17-26(30)23-16-19(2)29(20(23)3)14-13-21-9-5-4-6-10-21/h4-12,15-16H,13-14,17H2,1-3H3. The first-order valence-electron chi connectivity index (χ1n) is 10.7. The Kier molecular flexibility index (Phi) is 6.17. The highest BCUT2D eigenvalue weighted by molar-refractivity contribution is 6.05. The van der Waals surface area contributed by atoms with E-state index < -0.39 is 5.97 Å². The van der Waals surface area contributed by atoms with Crippen LogP contribution in [0.25, 0.3) is 10.9 Å². The van der Waals surface area contributed by atoms with Crippen LogP contribution in [0.3, 0.4) is 0 Å². The number of Topliss-reactive ketones (excluding diaryl/α,β-unsaturated/α-hetero) is 1. The van der Waals surface area contributed by atoms with Crippen molar-refractivity contribution in [1.29, 1.82) is 0 Å². The molecule has 0 aliphatic heterocycles. The molecule has 2 aromatic heterocycles. The summed E-state index contributed by atoms with van der Waals surface area (Å²) >= 11 is 0. The Labute approximate surface area is 187 Å². The lowest BCUT2D eigenvalue weighted by atomic mass is 10.1. The van der Waals surface area contributed by atoms with Crippen molar-refractivity contribution in [3.05, 3.63) is 101 Å². The van der Waals surface area contributed by atoms with Crippen LogP contribution in [-0.4, -0.2) is 27.9 Å². The molecule has 0 amide bonds. The number of pyridine rings is 1. The van der Waals surface area contributed by atoms with Gasteiger partial charge in [0.2, 0.25) is 5.78 Å². The van der Waals surface area contributed by atoms with Gasteiger partial charge in [0.05, 0.1) is 11.1 Å². The second kappa shape index (κ2) is 9.18. The van der Waals surface area contributed by atoms with Gasteiger partial charge in [-0.15, -0.1) is 0 Å². The molecule has 0 saturated heterocycles. The van der Waals surface area contributed by atoms with Crippen LogP contribution >= 0.6 is 0 Å². The molecule has 0 N–H and O–H groups in total. The van der Waals surface area contributed by atoms with Crippen LogP contribution in [-0.2, 0) is 17.7 Å². The third-order valence-electron chi connectivity index (χ3n) is 5.74. The van der Waals surface area contributed by atoms with E-state index in [0.29, 0.717) is 11.1 Å². The number of fused-ring (bicyclic) bond motifs is 1. The van der Waals surface area contributed by atoms with Gasteiger partial charge in [-0.25, -0.2) is 4.79 Å². The predicted octanol–water partition coefficient (Wildman–Crippen LogP) is 5.24. The number of para-hydroxylation sites is 1. The summed E-state index contributed by atoms with van der Waals surface area (Å²) in [4.78, 5) is 30.1.